The minimum atomic E-state index is -0.991. The minimum Gasteiger partial charge on any atom is -0.397 e. The number of aryl methyl sites for hydroxylation is 2. The predicted octanol–water partition coefficient (Wildman–Crippen LogP) is 2.23. The number of β-amino-alcohol motifs (C(OH)–C–C–N with tert-alkyl or cyclic N) is 1. The summed E-state index contributed by atoms with van der Waals surface area (Å²) in [5, 5.41) is 19.8. The first kappa shape index (κ1) is 16.0. The van der Waals surface area contributed by atoms with Gasteiger partial charge in [-0.2, -0.15) is 5.10 Å². The number of nitrogens with zero attached hydrogens (tertiary/aromatic N) is 3. The van der Waals surface area contributed by atoms with Gasteiger partial charge in [0.25, 0.3) is 5.91 Å². The van der Waals surface area contributed by atoms with Crippen molar-refractivity contribution in [2.24, 2.45) is 0 Å². The van der Waals surface area contributed by atoms with Crippen LogP contribution in [0.2, 0.25) is 0 Å². The Bertz CT molecular complexity index is 978. The summed E-state index contributed by atoms with van der Waals surface area (Å²) in [4.78, 5) is 15.6. The molecule has 128 valence electrons. The normalized spacial score (nSPS) is 16.0. The van der Waals surface area contributed by atoms with Crippen LogP contribution in [0.1, 0.15) is 26.5 Å². The van der Waals surface area contributed by atoms with Crippen LogP contribution in [0.4, 0.5) is 5.69 Å². The average molecular weight is 354 g/mol. The maximum Gasteiger partial charge on any atom is 0.266 e. The van der Waals surface area contributed by atoms with Gasteiger partial charge in [-0.3, -0.25) is 4.79 Å². The summed E-state index contributed by atoms with van der Waals surface area (Å²) in [5.41, 5.74) is 8.27. The van der Waals surface area contributed by atoms with E-state index in [0.29, 0.717) is 15.4 Å². The molecule has 0 unspecified atom stereocenters. The van der Waals surface area contributed by atoms with Gasteiger partial charge in [-0.15, -0.1) is 16.4 Å². The number of anilines is 1. The molecule has 3 N–H and O–H groups in total. The highest BCUT2D eigenvalue weighted by molar-refractivity contribution is 7.21. The van der Waals surface area contributed by atoms with Crippen LogP contribution in [-0.2, 0) is 5.60 Å². The van der Waals surface area contributed by atoms with Crippen LogP contribution >= 0.6 is 11.3 Å². The van der Waals surface area contributed by atoms with Crippen LogP contribution in [0.3, 0.4) is 0 Å². The summed E-state index contributed by atoms with van der Waals surface area (Å²) in [5.74, 6) is -0.168. The molecule has 1 aromatic carbocycles. The van der Waals surface area contributed by atoms with Gasteiger partial charge in [0, 0.05) is 5.39 Å². The lowest BCUT2D eigenvalue weighted by atomic mass is 9.86. The quantitative estimate of drug-likeness (QED) is 0.736. The summed E-state index contributed by atoms with van der Waals surface area (Å²) < 4.78 is 0. The molecule has 25 heavy (non-hydrogen) atoms. The predicted molar refractivity (Wildman–Crippen MR) is 97.5 cm³/mol. The van der Waals surface area contributed by atoms with E-state index in [1.54, 1.807) is 4.90 Å². The molecule has 2 aromatic heterocycles. The second-order valence-electron chi connectivity index (χ2n) is 6.49. The maximum atomic E-state index is 12.8. The van der Waals surface area contributed by atoms with E-state index in [4.69, 9.17) is 5.73 Å². The SMILES string of the molecule is Cc1nnc2sc(C(=O)N3CC(O)(c4ccccc4)C3)c(N)c2c1C. The number of rotatable bonds is 2. The molecule has 0 atom stereocenters. The third-order valence-corrected chi connectivity index (χ3v) is 5.91. The molecule has 3 heterocycles. The van der Waals surface area contributed by atoms with Gasteiger partial charge < -0.3 is 15.7 Å². The minimum absolute atomic E-state index is 0.168. The van der Waals surface area contributed by atoms with Crippen LogP contribution in [0.5, 0.6) is 0 Å². The molecule has 1 fully saturated rings. The van der Waals surface area contributed by atoms with Gasteiger partial charge in [-0.25, -0.2) is 0 Å². The largest absolute Gasteiger partial charge is 0.397 e. The molecular weight excluding hydrogens is 336 g/mol. The van der Waals surface area contributed by atoms with Crippen molar-refractivity contribution in [1.82, 2.24) is 15.1 Å². The Morgan fingerprint density at radius 3 is 2.60 bits per heavy atom. The summed E-state index contributed by atoms with van der Waals surface area (Å²) in [6, 6.07) is 9.41. The number of aliphatic hydroxyl groups is 1. The Kier molecular flexibility index (Phi) is 3.52. The number of nitrogen functional groups attached to an aromatic ring is 1. The van der Waals surface area contributed by atoms with E-state index in [9.17, 15) is 9.90 Å². The standard InChI is InChI=1S/C18H18N4O2S/c1-10-11(2)20-21-16-13(10)14(19)15(25-16)17(23)22-8-18(24,9-22)12-6-4-3-5-7-12/h3-7,24H,8-9,19H2,1-2H3. The van der Waals surface area contributed by atoms with E-state index in [2.05, 4.69) is 10.2 Å². The van der Waals surface area contributed by atoms with E-state index in [1.807, 2.05) is 44.2 Å². The molecular formula is C18H18N4O2S. The van der Waals surface area contributed by atoms with Gasteiger partial charge in [-0.1, -0.05) is 30.3 Å². The first-order valence-electron chi connectivity index (χ1n) is 8.00. The molecule has 6 nitrogen and oxygen atoms in total. The average Bonchev–Trinajstić information content (AvgIpc) is 2.93. The van der Waals surface area contributed by atoms with Gasteiger partial charge in [0.05, 0.1) is 24.5 Å². The molecule has 0 saturated carbocycles. The highest BCUT2D eigenvalue weighted by Crippen LogP contribution is 2.38. The van der Waals surface area contributed by atoms with E-state index < -0.39 is 5.60 Å². The number of carbonyl (C=O) groups is 1. The number of benzene rings is 1. The molecule has 0 bridgehead atoms. The second kappa shape index (κ2) is 5.50. The third kappa shape index (κ3) is 2.39. The topological polar surface area (TPSA) is 92.3 Å². The van der Waals surface area contributed by atoms with Crippen molar-refractivity contribution in [2.45, 2.75) is 19.4 Å². The summed E-state index contributed by atoms with van der Waals surface area (Å²) in [6.07, 6.45) is 0. The number of hydrogen-bond acceptors (Lipinski definition) is 6. The molecule has 1 aliphatic heterocycles. The lowest BCUT2D eigenvalue weighted by molar-refractivity contribution is -0.0861. The monoisotopic (exact) mass is 354 g/mol. The number of hydrogen-bond donors (Lipinski definition) is 2. The fourth-order valence-corrected chi connectivity index (χ4v) is 4.27. The van der Waals surface area contributed by atoms with Crippen molar-refractivity contribution in [3.8, 4) is 0 Å². The zero-order valence-electron chi connectivity index (χ0n) is 14.0. The van der Waals surface area contributed by atoms with Crippen LogP contribution in [-0.4, -0.2) is 39.2 Å². The molecule has 3 aromatic rings. The fourth-order valence-electron chi connectivity index (χ4n) is 3.20. The molecule has 1 amide bonds. The van der Waals surface area contributed by atoms with Crippen molar-refractivity contribution in [3.63, 3.8) is 0 Å². The number of fused-ring (bicyclic) bond motifs is 1. The van der Waals surface area contributed by atoms with Crippen LogP contribution < -0.4 is 5.73 Å². The van der Waals surface area contributed by atoms with Gasteiger partial charge in [0.1, 0.15) is 15.3 Å². The van der Waals surface area contributed by atoms with Crippen LogP contribution in [0.25, 0.3) is 10.2 Å². The number of carbonyl (C=O) groups excluding carboxylic acids is 1. The van der Waals surface area contributed by atoms with Crippen molar-refractivity contribution in [2.75, 3.05) is 18.8 Å². The van der Waals surface area contributed by atoms with Gasteiger partial charge in [0.2, 0.25) is 0 Å². The Hall–Kier alpha value is -2.51. The van der Waals surface area contributed by atoms with Crippen molar-refractivity contribution < 1.29 is 9.90 Å². The zero-order valence-corrected chi connectivity index (χ0v) is 14.8. The maximum absolute atomic E-state index is 12.8. The van der Waals surface area contributed by atoms with Crippen LogP contribution in [0.15, 0.2) is 30.3 Å². The van der Waals surface area contributed by atoms with Gasteiger partial charge in [-0.05, 0) is 25.0 Å². The number of thiophene rings is 1. The molecule has 1 saturated heterocycles. The van der Waals surface area contributed by atoms with Gasteiger partial charge >= 0.3 is 0 Å². The summed E-state index contributed by atoms with van der Waals surface area (Å²) in [6.45, 7) is 4.32. The van der Waals surface area contributed by atoms with Crippen molar-refractivity contribution in [3.05, 3.63) is 52.0 Å². The molecule has 0 spiro atoms. The summed E-state index contributed by atoms with van der Waals surface area (Å²) in [7, 11) is 0. The van der Waals surface area contributed by atoms with E-state index in [-0.39, 0.29) is 19.0 Å². The first-order valence-corrected chi connectivity index (χ1v) is 8.81. The molecule has 7 heteroatoms. The Morgan fingerprint density at radius 1 is 1.24 bits per heavy atom. The van der Waals surface area contributed by atoms with Gasteiger partial charge in [0.15, 0.2) is 0 Å². The third-order valence-electron chi connectivity index (χ3n) is 4.83. The zero-order chi connectivity index (χ0) is 17.8. The Morgan fingerprint density at radius 2 is 1.92 bits per heavy atom. The van der Waals surface area contributed by atoms with Crippen molar-refractivity contribution in [1.29, 1.82) is 0 Å². The Labute approximate surface area is 148 Å². The lowest BCUT2D eigenvalue weighted by Gasteiger charge is -2.46. The first-order chi connectivity index (χ1) is 11.9. The second-order valence-corrected chi connectivity index (χ2v) is 7.49. The highest BCUT2D eigenvalue weighted by Gasteiger charge is 2.45. The number of nitrogens with two attached hydrogens (primary N) is 1. The smallest absolute Gasteiger partial charge is 0.266 e. The fraction of sp³-hybridized carbons (Fsp3) is 0.278. The molecule has 0 radical (unpaired) electrons. The lowest BCUT2D eigenvalue weighted by Crippen LogP contribution is -2.61. The number of likely N-dealkylation sites (tertiary alicyclic amines) is 1. The molecule has 4 rings (SSSR count). The molecule has 0 aliphatic carbocycles. The van der Waals surface area contributed by atoms with E-state index >= 15 is 0 Å². The van der Waals surface area contributed by atoms with Crippen molar-refractivity contribution >= 4 is 33.1 Å². The number of amides is 1. The van der Waals surface area contributed by atoms with E-state index in [1.165, 1.54) is 11.3 Å². The van der Waals surface area contributed by atoms with Crippen LogP contribution in [0, 0.1) is 13.8 Å². The molecule has 1 aliphatic rings. The Balaban J connectivity index is 1.62. The summed E-state index contributed by atoms with van der Waals surface area (Å²) >= 11 is 1.26. The highest BCUT2D eigenvalue weighted by atomic mass is 32.1. The van der Waals surface area contributed by atoms with E-state index in [0.717, 1.165) is 22.2 Å². The number of aromatic nitrogens is 2.